The normalized spacial score (nSPS) is 27.9. The Morgan fingerprint density at radius 2 is 2.35 bits per heavy atom. The van der Waals surface area contributed by atoms with E-state index in [4.69, 9.17) is 4.42 Å². The number of nitrogens with zero attached hydrogens (tertiary/aromatic N) is 2. The fraction of sp³-hybridized carbons (Fsp3) is 0.462. The lowest BCUT2D eigenvalue weighted by atomic mass is 10.1. The molecule has 0 saturated carbocycles. The van der Waals surface area contributed by atoms with Crippen molar-refractivity contribution in [1.82, 2.24) is 10.3 Å². The van der Waals surface area contributed by atoms with Crippen molar-refractivity contribution in [2.45, 2.75) is 12.5 Å². The van der Waals surface area contributed by atoms with Crippen molar-refractivity contribution >= 4 is 16.8 Å². The van der Waals surface area contributed by atoms with Crippen LogP contribution < -0.4 is 10.2 Å². The van der Waals surface area contributed by atoms with Crippen molar-refractivity contribution in [3.05, 3.63) is 24.6 Å². The summed E-state index contributed by atoms with van der Waals surface area (Å²) in [6.45, 7) is 3.36. The summed E-state index contributed by atoms with van der Waals surface area (Å²) in [5.41, 5.74) is 0.935. The molecule has 2 saturated heterocycles. The zero-order chi connectivity index (χ0) is 11.2. The summed E-state index contributed by atoms with van der Waals surface area (Å²) in [4.78, 5) is 7.01. The molecule has 4 heterocycles. The number of hydrogen-bond acceptors (Lipinski definition) is 4. The summed E-state index contributed by atoms with van der Waals surface area (Å²) in [6, 6.07) is 4.56. The minimum atomic E-state index is 0.614. The predicted octanol–water partition coefficient (Wildman–Crippen LogP) is 1.63. The zero-order valence-corrected chi connectivity index (χ0v) is 9.60. The fourth-order valence-electron chi connectivity index (χ4n) is 3.22. The average Bonchev–Trinajstić information content (AvgIpc) is 3.04. The monoisotopic (exact) mass is 229 g/mol. The number of rotatable bonds is 1. The van der Waals surface area contributed by atoms with Crippen LogP contribution >= 0.6 is 0 Å². The minimum absolute atomic E-state index is 0.614. The van der Waals surface area contributed by atoms with Crippen LogP contribution in [0.1, 0.15) is 6.42 Å². The van der Waals surface area contributed by atoms with Gasteiger partial charge in [0.1, 0.15) is 11.4 Å². The second kappa shape index (κ2) is 3.47. The van der Waals surface area contributed by atoms with Crippen LogP contribution in [0.3, 0.4) is 0 Å². The van der Waals surface area contributed by atoms with Gasteiger partial charge in [-0.3, -0.25) is 0 Å². The van der Waals surface area contributed by atoms with Gasteiger partial charge < -0.3 is 14.6 Å². The molecule has 88 valence electrons. The lowest BCUT2D eigenvalue weighted by Crippen LogP contribution is -2.34. The summed E-state index contributed by atoms with van der Waals surface area (Å²) in [6.07, 6.45) is 4.86. The summed E-state index contributed by atoms with van der Waals surface area (Å²) in [5.74, 6) is 1.88. The Kier molecular flexibility index (Phi) is 1.93. The Morgan fingerprint density at radius 3 is 3.35 bits per heavy atom. The van der Waals surface area contributed by atoms with E-state index in [0.29, 0.717) is 6.04 Å². The van der Waals surface area contributed by atoms with Crippen LogP contribution in [0.5, 0.6) is 0 Å². The molecule has 0 unspecified atom stereocenters. The van der Waals surface area contributed by atoms with Gasteiger partial charge in [-0.1, -0.05) is 0 Å². The number of aromatic nitrogens is 1. The molecule has 1 N–H and O–H groups in total. The number of nitrogens with one attached hydrogen (secondary N) is 1. The highest BCUT2D eigenvalue weighted by Gasteiger charge is 2.38. The summed E-state index contributed by atoms with van der Waals surface area (Å²) >= 11 is 0. The van der Waals surface area contributed by atoms with E-state index in [2.05, 4.69) is 15.2 Å². The molecule has 0 aliphatic carbocycles. The standard InChI is InChI=1S/C13H15N3O/c1-4-15-13(10-3-6-17-12(1)10)16-5-2-9-7-14-8-11(9)16/h1,3-4,6,9,11,14H,2,5,7-8H2/t9-,11+/m0/s1. The highest BCUT2D eigenvalue weighted by atomic mass is 16.3. The Morgan fingerprint density at radius 1 is 1.35 bits per heavy atom. The van der Waals surface area contributed by atoms with Crippen LogP contribution in [-0.4, -0.2) is 30.7 Å². The maximum Gasteiger partial charge on any atom is 0.140 e. The van der Waals surface area contributed by atoms with Gasteiger partial charge in [0.05, 0.1) is 11.6 Å². The molecule has 0 spiro atoms. The van der Waals surface area contributed by atoms with E-state index in [1.54, 1.807) is 6.26 Å². The van der Waals surface area contributed by atoms with Crippen molar-refractivity contribution in [3.8, 4) is 0 Å². The molecule has 4 heteroatoms. The quantitative estimate of drug-likeness (QED) is 0.807. The van der Waals surface area contributed by atoms with E-state index in [-0.39, 0.29) is 0 Å². The first kappa shape index (κ1) is 9.48. The topological polar surface area (TPSA) is 41.3 Å². The van der Waals surface area contributed by atoms with Crippen molar-refractivity contribution in [1.29, 1.82) is 0 Å². The number of hydrogen-bond donors (Lipinski definition) is 1. The van der Waals surface area contributed by atoms with Crippen molar-refractivity contribution in [2.75, 3.05) is 24.5 Å². The zero-order valence-electron chi connectivity index (χ0n) is 9.60. The molecule has 2 atom stereocenters. The SMILES string of the molecule is c1cc2occc2c(N2CC[C@H]3CNC[C@H]32)n1. The summed E-state index contributed by atoms with van der Waals surface area (Å²) in [5, 5.41) is 4.61. The Hall–Kier alpha value is -1.55. The van der Waals surface area contributed by atoms with Gasteiger partial charge in [-0.25, -0.2) is 4.98 Å². The number of anilines is 1. The highest BCUT2D eigenvalue weighted by Crippen LogP contribution is 2.34. The van der Waals surface area contributed by atoms with E-state index in [1.807, 2.05) is 18.3 Å². The first-order valence-corrected chi connectivity index (χ1v) is 6.23. The third-order valence-electron chi connectivity index (χ3n) is 4.08. The molecule has 2 aromatic rings. The molecule has 2 fully saturated rings. The number of fused-ring (bicyclic) bond motifs is 2. The lowest BCUT2D eigenvalue weighted by molar-refractivity contribution is 0.577. The first-order chi connectivity index (χ1) is 8.43. The van der Waals surface area contributed by atoms with Gasteiger partial charge in [0.2, 0.25) is 0 Å². The first-order valence-electron chi connectivity index (χ1n) is 6.23. The molecular formula is C13H15N3O. The highest BCUT2D eigenvalue weighted by molar-refractivity contribution is 5.88. The van der Waals surface area contributed by atoms with Gasteiger partial charge in [0.25, 0.3) is 0 Å². The molecule has 2 aliphatic rings. The van der Waals surface area contributed by atoms with Crippen LogP contribution in [0.15, 0.2) is 29.0 Å². The molecule has 17 heavy (non-hydrogen) atoms. The predicted molar refractivity (Wildman–Crippen MR) is 66.1 cm³/mol. The number of pyridine rings is 1. The van der Waals surface area contributed by atoms with Crippen LogP contribution in [0, 0.1) is 5.92 Å². The maximum absolute atomic E-state index is 5.45. The average molecular weight is 229 g/mol. The largest absolute Gasteiger partial charge is 0.464 e. The molecule has 0 bridgehead atoms. The maximum atomic E-state index is 5.45. The third-order valence-corrected chi connectivity index (χ3v) is 4.08. The van der Waals surface area contributed by atoms with Crippen molar-refractivity contribution < 1.29 is 4.42 Å². The summed E-state index contributed by atoms with van der Waals surface area (Å²) in [7, 11) is 0. The molecule has 0 amide bonds. The van der Waals surface area contributed by atoms with E-state index < -0.39 is 0 Å². The van der Waals surface area contributed by atoms with Crippen molar-refractivity contribution in [3.63, 3.8) is 0 Å². The van der Waals surface area contributed by atoms with Gasteiger partial charge in [-0.15, -0.1) is 0 Å². The van der Waals surface area contributed by atoms with E-state index in [9.17, 15) is 0 Å². The van der Waals surface area contributed by atoms with Crippen LogP contribution in [0.2, 0.25) is 0 Å². The molecule has 2 aromatic heterocycles. The fourth-order valence-corrected chi connectivity index (χ4v) is 3.22. The Labute approximate surface area is 99.6 Å². The summed E-state index contributed by atoms with van der Waals surface area (Å²) < 4.78 is 5.45. The van der Waals surface area contributed by atoms with Gasteiger partial charge in [0, 0.05) is 31.9 Å². The molecule has 4 rings (SSSR count). The van der Waals surface area contributed by atoms with Crippen LogP contribution in [0.25, 0.3) is 11.0 Å². The molecule has 0 radical (unpaired) electrons. The molecular weight excluding hydrogens is 214 g/mol. The van der Waals surface area contributed by atoms with Crippen LogP contribution in [-0.2, 0) is 0 Å². The van der Waals surface area contributed by atoms with Crippen LogP contribution in [0.4, 0.5) is 5.82 Å². The minimum Gasteiger partial charge on any atom is -0.464 e. The van der Waals surface area contributed by atoms with E-state index in [1.165, 1.54) is 6.42 Å². The Balaban J connectivity index is 1.81. The second-order valence-corrected chi connectivity index (χ2v) is 4.93. The van der Waals surface area contributed by atoms with Gasteiger partial charge in [-0.2, -0.15) is 0 Å². The van der Waals surface area contributed by atoms with Gasteiger partial charge in [0.15, 0.2) is 0 Å². The van der Waals surface area contributed by atoms with Crippen molar-refractivity contribution in [2.24, 2.45) is 5.92 Å². The smallest absolute Gasteiger partial charge is 0.140 e. The lowest BCUT2D eigenvalue weighted by Gasteiger charge is -2.24. The third kappa shape index (κ3) is 1.30. The van der Waals surface area contributed by atoms with E-state index >= 15 is 0 Å². The molecule has 2 aliphatic heterocycles. The number of furan rings is 1. The second-order valence-electron chi connectivity index (χ2n) is 4.93. The van der Waals surface area contributed by atoms with Gasteiger partial charge >= 0.3 is 0 Å². The molecule has 0 aromatic carbocycles. The van der Waals surface area contributed by atoms with E-state index in [0.717, 1.165) is 42.3 Å². The Bertz CT molecular complexity index is 550. The molecule has 4 nitrogen and oxygen atoms in total. The van der Waals surface area contributed by atoms with Gasteiger partial charge in [-0.05, 0) is 24.5 Å².